The Morgan fingerprint density at radius 3 is 2.63 bits per heavy atom. The molecule has 194 valence electrons. The van der Waals surface area contributed by atoms with E-state index in [1.54, 1.807) is 29.2 Å². The van der Waals surface area contributed by atoms with Gasteiger partial charge in [-0.2, -0.15) is 5.10 Å². The lowest BCUT2D eigenvalue weighted by Crippen LogP contribution is -2.22. The Balaban J connectivity index is 1.36. The lowest BCUT2D eigenvalue weighted by atomic mass is 10.1. The predicted molar refractivity (Wildman–Crippen MR) is 148 cm³/mol. The number of hydrogen-bond acceptors (Lipinski definition) is 6. The van der Waals surface area contributed by atoms with E-state index in [-0.39, 0.29) is 11.5 Å². The molecule has 0 bridgehead atoms. The van der Waals surface area contributed by atoms with E-state index in [4.69, 9.17) is 15.9 Å². The Labute approximate surface area is 221 Å². The molecule has 3 aromatic heterocycles. The summed E-state index contributed by atoms with van der Waals surface area (Å²) in [6.45, 7) is 3.16. The van der Waals surface area contributed by atoms with Crippen molar-refractivity contribution in [3.8, 4) is 34.0 Å². The molecule has 9 nitrogen and oxygen atoms in total. The van der Waals surface area contributed by atoms with Gasteiger partial charge in [0.1, 0.15) is 0 Å². The average molecular weight is 508 g/mol. The summed E-state index contributed by atoms with van der Waals surface area (Å²) in [5, 5.41) is 19.6. The Hall–Kier alpha value is -4.50. The van der Waals surface area contributed by atoms with Crippen LogP contribution in [0.3, 0.4) is 0 Å². The highest BCUT2D eigenvalue weighted by Crippen LogP contribution is 2.28. The zero-order chi connectivity index (χ0) is 26.5. The smallest absolute Gasteiger partial charge is 0.226 e. The van der Waals surface area contributed by atoms with Gasteiger partial charge in [0, 0.05) is 23.0 Å². The number of nitrogen functional groups attached to an aromatic ring is 1. The molecule has 0 aliphatic heterocycles. The lowest BCUT2D eigenvalue weighted by Gasteiger charge is -2.16. The van der Waals surface area contributed by atoms with E-state index in [1.165, 1.54) is 0 Å². The minimum Gasteiger partial charge on any atom is -0.464 e. The van der Waals surface area contributed by atoms with Crippen molar-refractivity contribution < 1.29 is 4.42 Å². The minimum absolute atomic E-state index is 0.0643. The molecule has 3 heterocycles. The number of benzene rings is 2. The fraction of sp³-hybridized carbons (Fsp3) is 0.241. The fourth-order valence-electron chi connectivity index (χ4n) is 4.54. The molecule has 2 aromatic carbocycles. The van der Waals surface area contributed by atoms with Crippen molar-refractivity contribution in [1.29, 1.82) is 0 Å². The maximum Gasteiger partial charge on any atom is 0.226 e. The van der Waals surface area contributed by atoms with Gasteiger partial charge in [-0.05, 0) is 67.3 Å². The summed E-state index contributed by atoms with van der Waals surface area (Å²) < 4.78 is 9.65. The third-order valence-electron chi connectivity index (χ3n) is 6.46. The van der Waals surface area contributed by atoms with Crippen molar-refractivity contribution in [2.75, 3.05) is 12.3 Å². The van der Waals surface area contributed by atoms with Crippen LogP contribution in [0.15, 0.2) is 83.7 Å². The van der Waals surface area contributed by atoms with Gasteiger partial charge >= 0.3 is 0 Å². The maximum atomic E-state index is 10.5. The van der Waals surface area contributed by atoms with E-state index in [0.717, 1.165) is 47.2 Å². The van der Waals surface area contributed by atoms with E-state index < -0.39 is 0 Å². The predicted octanol–water partition coefficient (Wildman–Crippen LogP) is 4.86. The second-order valence-corrected chi connectivity index (χ2v) is 9.32. The molecule has 1 unspecified atom stereocenters. The first-order chi connectivity index (χ1) is 18.5. The van der Waals surface area contributed by atoms with Gasteiger partial charge in [-0.25, -0.2) is 4.98 Å². The Bertz CT molecular complexity index is 1580. The normalized spacial score (nSPS) is 12.1. The van der Waals surface area contributed by atoms with Gasteiger partial charge in [-0.15, -0.1) is 0 Å². The van der Waals surface area contributed by atoms with Crippen LogP contribution in [0.4, 0.5) is 5.69 Å². The molecule has 0 saturated carbocycles. The molecule has 0 fully saturated rings. The van der Waals surface area contributed by atoms with Crippen LogP contribution >= 0.6 is 0 Å². The number of aromatic nitrogens is 5. The monoisotopic (exact) mass is 507 g/mol. The Morgan fingerprint density at radius 1 is 0.974 bits per heavy atom. The fourth-order valence-corrected chi connectivity index (χ4v) is 4.54. The second kappa shape index (κ2) is 11.3. The molecule has 5 rings (SSSR count). The first-order valence-corrected chi connectivity index (χ1v) is 12.8. The van der Waals surface area contributed by atoms with Gasteiger partial charge in [0.25, 0.3) is 0 Å². The van der Waals surface area contributed by atoms with E-state index in [0.29, 0.717) is 30.4 Å². The van der Waals surface area contributed by atoms with E-state index in [9.17, 15) is 5.41 Å². The van der Waals surface area contributed by atoms with Gasteiger partial charge in [0.05, 0.1) is 29.7 Å². The van der Waals surface area contributed by atoms with E-state index in [2.05, 4.69) is 22.1 Å². The molecule has 1 atom stereocenters. The first kappa shape index (κ1) is 25.2. The summed E-state index contributed by atoms with van der Waals surface area (Å²) in [5.74, 6) is 1.17. The summed E-state index contributed by atoms with van der Waals surface area (Å²) in [4.78, 5) is 4.51. The second-order valence-electron chi connectivity index (χ2n) is 9.32. The van der Waals surface area contributed by atoms with Crippen LogP contribution in [0.5, 0.6) is 0 Å². The highest BCUT2D eigenvalue weighted by Gasteiger charge is 2.15. The van der Waals surface area contributed by atoms with Crippen molar-refractivity contribution in [3.63, 3.8) is 0 Å². The summed E-state index contributed by atoms with van der Waals surface area (Å²) in [6, 6.07) is 19.0. The van der Waals surface area contributed by atoms with Crippen LogP contribution in [0.1, 0.15) is 37.8 Å². The van der Waals surface area contributed by atoms with Crippen LogP contribution in [0.2, 0.25) is 0 Å². The number of anilines is 1. The Morgan fingerprint density at radius 2 is 1.82 bits per heavy atom. The van der Waals surface area contributed by atoms with Crippen molar-refractivity contribution in [1.82, 2.24) is 24.5 Å². The SMILES string of the molecule is CCCC(CCN)n1cc(-c2cnc(-c3cccc(Cn4nc(-c5cccc(N)c5)ccc4=[N-])c3)o2)cn1. The van der Waals surface area contributed by atoms with E-state index in [1.807, 2.05) is 59.4 Å². The molecule has 5 aromatic rings. The molecular formula is C29H31N8O-. The van der Waals surface area contributed by atoms with Crippen molar-refractivity contribution in [3.05, 3.63) is 95.7 Å². The molecule has 4 N–H and O–H groups in total. The highest BCUT2D eigenvalue weighted by atomic mass is 16.4. The standard InChI is InChI=1S/C29H31N8O/c1-2-5-25(12-13-30)36-19-23(16-34-36)27-17-33-29(38-27)22-8-3-6-20(14-22)18-37-28(32)11-10-26(35-37)21-7-4-9-24(31)15-21/h3-4,6-11,14-17,19,25H,2,5,12-13,18,30-31H2,1H3/q-1. The maximum absolute atomic E-state index is 10.5. The molecule has 0 amide bonds. The number of oxazole rings is 1. The van der Waals surface area contributed by atoms with E-state index >= 15 is 0 Å². The first-order valence-electron chi connectivity index (χ1n) is 12.8. The zero-order valence-electron chi connectivity index (χ0n) is 21.4. The molecular weight excluding hydrogens is 476 g/mol. The van der Waals surface area contributed by atoms with Crippen molar-refractivity contribution >= 4 is 5.69 Å². The highest BCUT2D eigenvalue weighted by molar-refractivity contribution is 5.63. The molecule has 0 radical (unpaired) electrons. The third-order valence-corrected chi connectivity index (χ3v) is 6.46. The van der Waals surface area contributed by atoms with Crippen molar-refractivity contribution in [2.45, 2.75) is 38.8 Å². The molecule has 9 heteroatoms. The molecule has 0 aliphatic carbocycles. The number of hydrogen-bond donors (Lipinski definition) is 2. The van der Waals surface area contributed by atoms with Gasteiger partial charge in [-0.1, -0.05) is 43.7 Å². The van der Waals surface area contributed by atoms with Crippen molar-refractivity contribution in [2.24, 2.45) is 5.73 Å². The summed E-state index contributed by atoms with van der Waals surface area (Å²) >= 11 is 0. The summed E-state index contributed by atoms with van der Waals surface area (Å²) in [6.07, 6.45) is 8.50. The molecule has 0 spiro atoms. The quantitative estimate of drug-likeness (QED) is 0.259. The third kappa shape index (κ3) is 5.57. The van der Waals surface area contributed by atoms with Gasteiger partial charge in [-0.3, -0.25) is 9.78 Å². The van der Waals surface area contributed by atoms with Crippen LogP contribution in [0.25, 0.3) is 39.4 Å². The number of rotatable bonds is 10. The largest absolute Gasteiger partial charge is 0.464 e. The number of nitrogens with two attached hydrogens (primary N) is 2. The topological polar surface area (TPSA) is 136 Å². The number of nitrogens with zero attached hydrogens (tertiary/aromatic N) is 6. The average Bonchev–Trinajstić information content (AvgIpc) is 3.61. The molecule has 0 saturated heterocycles. The van der Waals surface area contributed by atoms with Crippen LogP contribution in [-0.4, -0.2) is 31.1 Å². The van der Waals surface area contributed by atoms with Crippen LogP contribution in [0, 0.1) is 0 Å². The minimum atomic E-state index is 0.0643. The lowest BCUT2D eigenvalue weighted by molar-refractivity contribution is 0.400. The van der Waals surface area contributed by atoms with Gasteiger partial charge in [0.15, 0.2) is 5.76 Å². The van der Waals surface area contributed by atoms with Gasteiger partial charge in [0.2, 0.25) is 5.89 Å². The van der Waals surface area contributed by atoms with Crippen LogP contribution in [-0.2, 0) is 6.54 Å². The molecule has 0 aliphatic rings. The molecule has 38 heavy (non-hydrogen) atoms. The summed E-state index contributed by atoms with van der Waals surface area (Å²) in [7, 11) is 0. The Kier molecular flexibility index (Phi) is 7.46. The summed E-state index contributed by atoms with van der Waals surface area (Å²) in [5.41, 5.74) is 16.7. The zero-order valence-corrected chi connectivity index (χ0v) is 21.4. The van der Waals surface area contributed by atoms with Gasteiger partial charge < -0.3 is 26.0 Å². The van der Waals surface area contributed by atoms with Crippen LogP contribution < -0.4 is 17.0 Å².